The number of amides is 1. The Bertz CT molecular complexity index is 1400. The van der Waals surface area contributed by atoms with Gasteiger partial charge in [-0.3, -0.25) is 10.1 Å². The lowest BCUT2D eigenvalue weighted by Gasteiger charge is -2.12. The lowest BCUT2D eigenvalue weighted by Crippen LogP contribution is -2.34. The molecule has 36 heavy (non-hydrogen) atoms. The molecule has 0 saturated carbocycles. The van der Waals surface area contributed by atoms with E-state index in [1.54, 1.807) is 30.3 Å². The smallest absolute Gasteiger partial charge is 0.257 e. The third-order valence-corrected chi connectivity index (χ3v) is 6.38. The number of benzene rings is 3. The fourth-order valence-corrected chi connectivity index (χ4v) is 4.01. The molecule has 0 bridgehead atoms. The van der Waals surface area contributed by atoms with Gasteiger partial charge < -0.3 is 14.5 Å². The number of halogens is 1. The molecule has 0 fully saturated rings. The van der Waals surface area contributed by atoms with Crippen molar-refractivity contribution in [2.24, 2.45) is 0 Å². The molecule has 1 heterocycles. The summed E-state index contributed by atoms with van der Waals surface area (Å²) in [5.74, 6) is 1.21. The minimum atomic E-state index is -0.349. The highest BCUT2D eigenvalue weighted by Crippen LogP contribution is 2.32. The van der Waals surface area contributed by atoms with Crippen molar-refractivity contribution in [1.29, 1.82) is 0 Å². The highest BCUT2D eigenvalue weighted by Gasteiger charge is 2.14. The molecule has 0 aliphatic heterocycles. The van der Waals surface area contributed by atoms with Crippen LogP contribution in [-0.4, -0.2) is 22.6 Å². The van der Waals surface area contributed by atoms with E-state index < -0.39 is 0 Å². The summed E-state index contributed by atoms with van der Waals surface area (Å²) >= 11 is 11.8. The zero-order valence-electron chi connectivity index (χ0n) is 20.4. The maximum absolute atomic E-state index is 12.7. The topological polar surface area (TPSA) is 76.4 Å². The number of anilines is 1. The third kappa shape index (κ3) is 6.04. The van der Waals surface area contributed by atoms with Gasteiger partial charge in [-0.15, -0.1) is 0 Å². The fourth-order valence-electron chi connectivity index (χ4n) is 3.64. The van der Waals surface area contributed by atoms with Crippen molar-refractivity contribution in [2.45, 2.75) is 39.5 Å². The van der Waals surface area contributed by atoms with Gasteiger partial charge in [0.1, 0.15) is 11.3 Å². The predicted molar refractivity (Wildman–Crippen MR) is 149 cm³/mol. The van der Waals surface area contributed by atoms with Gasteiger partial charge in [-0.25, -0.2) is 4.98 Å². The number of thiocarbonyl (C=S) groups is 1. The monoisotopic (exact) mass is 521 g/mol. The molecular weight excluding hydrogens is 494 g/mol. The number of nitrogens with one attached hydrogen (secondary N) is 2. The Morgan fingerprint density at radius 1 is 1.14 bits per heavy atom. The van der Waals surface area contributed by atoms with Crippen molar-refractivity contribution in [1.82, 2.24) is 10.3 Å². The lowest BCUT2D eigenvalue weighted by atomic mass is 9.98. The van der Waals surface area contributed by atoms with Crippen LogP contribution in [0.2, 0.25) is 5.02 Å². The zero-order valence-corrected chi connectivity index (χ0v) is 22.0. The normalized spacial score (nSPS) is 11.8. The first-order chi connectivity index (χ1) is 17.4. The molecule has 8 heteroatoms. The third-order valence-electron chi connectivity index (χ3n) is 5.85. The van der Waals surface area contributed by atoms with Crippen LogP contribution in [0.25, 0.3) is 22.6 Å². The second-order valence-electron chi connectivity index (χ2n) is 8.53. The van der Waals surface area contributed by atoms with E-state index in [2.05, 4.69) is 41.6 Å². The molecule has 0 saturated heterocycles. The molecule has 0 radical (unpaired) electrons. The summed E-state index contributed by atoms with van der Waals surface area (Å²) in [5.41, 5.74) is 4.46. The first kappa shape index (κ1) is 25.7. The minimum Gasteiger partial charge on any atom is -0.494 e. The average molecular weight is 522 g/mol. The number of ether oxygens (including phenoxy) is 1. The fraction of sp³-hybridized carbons (Fsp3) is 0.250. The summed E-state index contributed by atoms with van der Waals surface area (Å²) in [6, 6.07) is 18.4. The van der Waals surface area contributed by atoms with E-state index in [4.69, 9.17) is 33.0 Å². The number of fused-ring (bicyclic) bond motifs is 1. The molecular formula is C28H28ClN3O3S. The van der Waals surface area contributed by atoms with Crippen molar-refractivity contribution in [3.05, 3.63) is 76.8 Å². The standard InChI is InChI=1S/C28H28ClN3O3S/c1-4-13-34-21-8-6-7-19(14-21)26(33)32-28(36)31-23-16-20(9-11-22(23)29)27-30-24-15-18(17(3)5-2)10-12-25(24)35-27/h6-12,14-17H,4-5,13H2,1-3H3,(H2,31,32,33,36)/t17-/m0/s1. The van der Waals surface area contributed by atoms with Crippen molar-refractivity contribution >= 4 is 51.6 Å². The van der Waals surface area contributed by atoms with Gasteiger partial charge in [-0.1, -0.05) is 44.5 Å². The number of rotatable bonds is 8. The molecule has 4 rings (SSSR count). The Kier molecular flexibility index (Phi) is 8.23. The van der Waals surface area contributed by atoms with E-state index in [9.17, 15) is 4.79 Å². The van der Waals surface area contributed by atoms with E-state index in [0.29, 0.717) is 40.4 Å². The van der Waals surface area contributed by atoms with E-state index >= 15 is 0 Å². The van der Waals surface area contributed by atoms with Crippen LogP contribution in [0.3, 0.4) is 0 Å². The Hall–Kier alpha value is -3.42. The number of oxazole rings is 1. The molecule has 0 spiro atoms. The Balaban J connectivity index is 1.49. The number of carbonyl (C=O) groups excluding carboxylic acids is 1. The summed E-state index contributed by atoms with van der Waals surface area (Å²) in [6.07, 6.45) is 1.93. The Morgan fingerprint density at radius 2 is 1.97 bits per heavy atom. The molecule has 6 nitrogen and oxygen atoms in total. The molecule has 2 N–H and O–H groups in total. The summed E-state index contributed by atoms with van der Waals surface area (Å²) in [6.45, 7) is 6.96. The molecule has 186 valence electrons. The van der Waals surface area contributed by atoms with Crippen molar-refractivity contribution in [3.63, 3.8) is 0 Å². The van der Waals surface area contributed by atoms with Gasteiger partial charge in [-0.2, -0.15) is 0 Å². The van der Waals surface area contributed by atoms with Gasteiger partial charge in [0, 0.05) is 11.1 Å². The Morgan fingerprint density at radius 3 is 2.75 bits per heavy atom. The van der Waals surface area contributed by atoms with Crippen LogP contribution in [0.15, 0.2) is 65.1 Å². The van der Waals surface area contributed by atoms with Crippen LogP contribution in [0.4, 0.5) is 5.69 Å². The molecule has 1 atom stereocenters. The van der Waals surface area contributed by atoms with E-state index in [1.807, 2.05) is 25.1 Å². The Labute approximate surface area is 221 Å². The van der Waals surface area contributed by atoms with Gasteiger partial charge in [0.05, 0.1) is 17.3 Å². The maximum Gasteiger partial charge on any atom is 0.257 e. The van der Waals surface area contributed by atoms with Crippen LogP contribution in [0, 0.1) is 0 Å². The van der Waals surface area contributed by atoms with Crippen LogP contribution >= 0.6 is 23.8 Å². The highest BCUT2D eigenvalue weighted by molar-refractivity contribution is 7.80. The molecule has 0 unspecified atom stereocenters. The molecule has 4 aromatic rings. The molecule has 0 aliphatic carbocycles. The largest absolute Gasteiger partial charge is 0.494 e. The van der Waals surface area contributed by atoms with E-state index in [1.165, 1.54) is 5.56 Å². The van der Waals surface area contributed by atoms with Crippen molar-refractivity contribution < 1.29 is 13.9 Å². The van der Waals surface area contributed by atoms with Crippen LogP contribution in [0.5, 0.6) is 5.75 Å². The number of carbonyl (C=O) groups is 1. The van der Waals surface area contributed by atoms with Crippen molar-refractivity contribution in [3.8, 4) is 17.2 Å². The number of hydrogen-bond acceptors (Lipinski definition) is 5. The van der Waals surface area contributed by atoms with E-state index in [0.717, 1.165) is 29.5 Å². The second-order valence-corrected chi connectivity index (χ2v) is 9.35. The average Bonchev–Trinajstić information content (AvgIpc) is 3.32. The summed E-state index contributed by atoms with van der Waals surface area (Å²) in [5, 5.41) is 6.25. The maximum atomic E-state index is 12.7. The van der Waals surface area contributed by atoms with Gasteiger partial charge >= 0.3 is 0 Å². The van der Waals surface area contributed by atoms with Crippen LogP contribution < -0.4 is 15.4 Å². The molecule has 0 aliphatic rings. The predicted octanol–water partition coefficient (Wildman–Crippen LogP) is 7.58. The second kappa shape index (κ2) is 11.5. The number of hydrogen-bond donors (Lipinski definition) is 2. The summed E-state index contributed by atoms with van der Waals surface area (Å²) in [7, 11) is 0. The first-order valence-electron chi connectivity index (χ1n) is 11.9. The summed E-state index contributed by atoms with van der Waals surface area (Å²) < 4.78 is 11.6. The van der Waals surface area contributed by atoms with Crippen LogP contribution in [-0.2, 0) is 0 Å². The SMILES string of the molecule is CCCOc1cccc(C(=O)NC(=S)Nc2cc(-c3nc4cc([C@@H](C)CC)ccc4o3)ccc2Cl)c1. The van der Waals surface area contributed by atoms with Gasteiger partial charge in [0.15, 0.2) is 10.7 Å². The molecule has 3 aromatic carbocycles. The molecule has 1 amide bonds. The van der Waals surface area contributed by atoms with Gasteiger partial charge in [-0.05, 0) is 85.1 Å². The number of nitrogens with zero attached hydrogens (tertiary/aromatic N) is 1. The first-order valence-corrected chi connectivity index (χ1v) is 12.7. The highest BCUT2D eigenvalue weighted by atomic mass is 35.5. The van der Waals surface area contributed by atoms with E-state index in [-0.39, 0.29) is 11.0 Å². The zero-order chi connectivity index (χ0) is 25.7. The minimum absolute atomic E-state index is 0.120. The van der Waals surface area contributed by atoms with Gasteiger partial charge in [0.25, 0.3) is 5.91 Å². The number of aromatic nitrogens is 1. The quantitative estimate of drug-likeness (QED) is 0.233. The van der Waals surface area contributed by atoms with Crippen molar-refractivity contribution in [2.75, 3.05) is 11.9 Å². The van der Waals surface area contributed by atoms with Crippen LogP contribution in [0.1, 0.15) is 55.5 Å². The lowest BCUT2D eigenvalue weighted by molar-refractivity contribution is 0.0977. The summed E-state index contributed by atoms with van der Waals surface area (Å²) in [4.78, 5) is 17.4. The molecule has 1 aromatic heterocycles. The van der Waals surface area contributed by atoms with Gasteiger partial charge in [0.2, 0.25) is 5.89 Å².